The molecule has 1 aromatic heterocycles. The minimum absolute atomic E-state index is 0.101. The summed E-state index contributed by atoms with van der Waals surface area (Å²) in [5, 5.41) is 3.75. The number of nitrogens with zero attached hydrogens (tertiary/aromatic N) is 1. The summed E-state index contributed by atoms with van der Waals surface area (Å²) < 4.78 is 4.70. The van der Waals surface area contributed by atoms with Gasteiger partial charge in [-0.05, 0) is 12.3 Å². The predicted molar refractivity (Wildman–Crippen MR) is 38.8 cm³/mol. The van der Waals surface area contributed by atoms with Crippen LogP contribution in [0, 0.1) is 13.2 Å². The average molecular weight is 138 g/mol. The zero-order chi connectivity index (χ0) is 7.78. The third-order valence-electron chi connectivity index (χ3n) is 1.44. The van der Waals surface area contributed by atoms with Crippen molar-refractivity contribution in [1.82, 2.24) is 5.16 Å². The maximum atomic E-state index is 4.70. The van der Waals surface area contributed by atoms with E-state index in [1.165, 1.54) is 0 Å². The summed E-state index contributed by atoms with van der Waals surface area (Å²) in [6, 6.07) is 0. The topological polar surface area (TPSA) is 26.0 Å². The molecule has 0 amide bonds. The van der Waals surface area contributed by atoms with Crippen LogP contribution in [0.1, 0.15) is 32.0 Å². The second-order valence-electron chi connectivity index (χ2n) is 3.50. The monoisotopic (exact) mass is 138 g/mol. The fraction of sp³-hybridized carbons (Fsp3) is 0.625. The van der Waals surface area contributed by atoms with E-state index in [0.717, 1.165) is 11.3 Å². The largest absolute Gasteiger partial charge is 0.352 e. The van der Waals surface area contributed by atoms with E-state index < -0.39 is 0 Å². The summed E-state index contributed by atoms with van der Waals surface area (Å²) in [6.45, 7) is 8.27. The molecule has 0 bridgehead atoms. The van der Waals surface area contributed by atoms with Gasteiger partial charge in [0.05, 0.1) is 5.69 Å². The molecule has 0 aromatic carbocycles. The van der Waals surface area contributed by atoms with E-state index in [9.17, 15) is 0 Å². The molecule has 0 atom stereocenters. The summed E-state index contributed by atoms with van der Waals surface area (Å²) in [7, 11) is 0. The highest BCUT2D eigenvalue weighted by Crippen LogP contribution is 2.23. The van der Waals surface area contributed by atoms with Crippen molar-refractivity contribution < 1.29 is 4.52 Å². The van der Waals surface area contributed by atoms with E-state index in [4.69, 9.17) is 4.52 Å². The van der Waals surface area contributed by atoms with Crippen molar-refractivity contribution >= 4 is 0 Å². The second kappa shape index (κ2) is 2.11. The van der Waals surface area contributed by atoms with E-state index in [1.807, 2.05) is 6.92 Å². The van der Waals surface area contributed by atoms with Crippen molar-refractivity contribution in [1.29, 1.82) is 0 Å². The Balaban J connectivity index is 3.05. The Morgan fingerprint density at radius 1 is 1.40 bits per heavy atom. The van der Waals surface area contributed by atoms with Gasteiger partial charge in [-0.1, -0.05) is 25.9 Å². The Kier molecular flexibility index (Phi) is 1.55. The Morgan fingerprint density at radius 2 is 2.00 bits per heavy atom. The van der Waals surface area contributed by atoms with Crippen LogP contribution in [0.2, 0.25) is 0 Å². The lowest BCUT2D eigenvalue weighted by molar-refractivity contribution is 0.405. The van der Waals surface area contributed by atoms with E-state index in [-0.39, 0.29) is 5.41 Å². The van der Waals surface area contributed by atoms with Crippen LogP contribution in [0.25, 0.3) is 0 Å². The van der Waals surface area contributed by atoms with Crippen molar-refractivity contribution in [2.24, 2.45) is 0 Å². The Labute approximate surface area is 61.2 Å². The zero-order valence-corrected chi connectivity index (χ0v) is 6.86. The first kappa shape index (κ1) is 7.32. The quantitative estimate of drug-likeness (QED) is 0.548. The van der Waals surface area contributed by atoms with Crippen LogP contribution in [0.5, 0.6) is 0 Å². The Hall–Kier alpha value is -0.790. The van der Waals surface area contributed by atoms with Gasteiger partial charge in [0.15, 0.2) is 0 Å². The van der Waals surface area contributed by atoms with E-state index in [2.05, 4.69) is 32.2 Å². The van der Waals surface area contributed by atoms with Gasteiger partial charge in [0.25, 0.3) is 0 Å². The zero-order valence-electron chi connectivity index (χ0n) is 6.86. The highest BCUT2D eigenvalue weighted by atomic mass is 16.5. The Morgan fingerprint density at radius 3 is 2.20 bits per heavy atom. The van der Waals surface area contributed by atoms with Crippen molar-refractivity contribution in [2.75, 3.05) is 0 Å². The summed E-state index contributed by atoms with van der Waals surface area (Å²) in [4.78, 5) is 0. The van der Waals surface area contributed by atoms with Gasteiger partial charge in [0.1, 0.15) is 0 Å². The third kappa shape index (κ3) is 1.20. The molecule has 1 rings (SSSR count). The molecule has 0 saturated carbocycles. The molecule has 1 aromatic rings. The average Bonchev–Trinajstić information content (AvgIpc) is 2.11. The van der Waals surface area contributed by atoms with E-state index in [1.54, 1.807) is 0 Å². The van der Waals surface area contributed by atoms with Gasteiger partial charge in [-0.2, -0.15) is 0 Å². The van der Waals surface area contributed by atoms with Crippen molar-refractivity contribution in [3.63, 3.8) is 0 Å². The van der Waals surface area contributed by atoms with Crippen LogP contribution in [-0.2, 0) is 5.41 Å². The summed E-state index contributed by atoms with van der Waals surface area (Å²) in [5.74, 6) is 0. The normalized spacial score (nSPS) is 12.0. The van der Waals surface area contributed by atoms with Crippen LogP contribution >= 0.6 is 0 Å². The molecule has 0 fully saturated rings. The summed E-state index contributed by atoms with van der Waals surface area (Å²) in [5.41, 5.74) is 2.10. The van der Waals surface area contributed by atoms with Gasteiger partial charge in [-0.25, -0.2) is 0 Å². The lowest BCUT2D eigenvalue weighted by atomic mass is 9.88. The van der Waals surface area contributed by atoms with Crippen LogP contribution < -0.4 is 0 Å². The first-order valence-corrected chi connectivity index (χ1v) is 3.36. The number of rotatable bonds is 0. The molecule has 55 valence electrons. The lowest BCUT2D eigenvalue weighted by Crippen LogP contribution is -2.11. The smallest absolute Gasteiger partial charge is 0.209 e. The maximum absolute atomic E-state index is 4.70. The number of hydrogen-bond acceptors (Lipinski definition) is 2. The second-order valence-corrected chi connectivity index (χ2v) is 3.50. The molecule has 10 heavy (non-hydrogen) atoms. The lowest BCUT2D eigenvalue weighted by Gasteiger charge is -2.14. The van der Waals surface area contributed by atoms with Gasteiger partial charge >= 0.3 is 0 Å². The van der Waals surface area contributed by atoms with Crippen LogP contribution in [0.15, 0.2) is 4.52 Å². The fourth-order valence-electron chi connectivity index (χ4n) is 0.952. The van der Waals surface area contributed by atoms with Crippen LogP contribution in [0.4, 0.5) is 0 Å². The van der Waals surface area contributed by atoms with Crippen molar-refractivity contribution in [2.45, 2.75) is 33.1 Å². The summed E-state index contributed by atoms with van der Waals surface area (Å²) >= 11 is 0. The molecular formula is C8H12NO. The standard InChI is InChI=1S/C8H12NO/c1-6-7(5-10-9-6)8(2,3)4/h1-4H3. The number of aryl methyl sites for hydroxylation is 1. The van der Waals surface area contributed by atoms with Gasteiger partial charge in [0, 0.05) is 5.56 Å². The van der Waals surface area contributed by atoms with Crippen LogP contribution in [0.3, 0.4) is 0 Å². The van der Waals surface area contributed by atoms with E-state index in [0.29, 0.717) is 0 Å². The molecule has 0 aliphatic carbocycles. The van der Waals surface area contributed by atoms with Crippen molar-refractivity contribution in [3.05, 3.63) is 17.5 Å². The molecule has 0 unspecified atom stereocenters. The first-order valence-electron chi connectivity index (χ1n) is 3.36. The predicted octanol–water partition coefficient (Wildman–Crippen LogP) is 2.08. The molecule has 2 heteroatoms. The number of hydrogen-bond donors (Lipinski definition) is 0. The molecule has 0 spiro atoms. The molecule has 0 N–H and O–H groups in total. The molecule has 1 radical (unpaired) electrons. The minimum atomic E-state index is 0.101. The van der Waals surface area contributed by atoms with Crippen molar-refractivity contribution in [3.8, 4) is 0 Å². The van der Waals surface area contributed by atoms with E-state index >= 15 is 0 Å². The molecule has 0 aliphatic heterocycles. The highest BCUT2D eigenvalue weighted by molar-refractivity contribution is 5.20. The molecule has 0 aliphatic rings. The van der Waals surface area contributed by atoms with Gasteiger partial charge in [-0.15, -0.1) is 0 Å². The molecule has 2 nitrogen and oxygen atoms in total. The van der Waals surface area contributed by atoms with Crippen LogP contribution in [-0.4, -0.2) is 5.16 Å². The first-order chi connectivity index (χ1) is 4.52. The number of aromatic nitrogens is 1. The highest BCUT2D eigenvalue weighted by Gasteiger charge is 2.19. The molecular weight excluding hydrogens is 126 g/mol. The van der Waals surface area contributed by atoms with Gasteiger partial charge in [-0.3, -0.25) is 0 Å². The summed E-state index contributed by atoms with van der Waals surface area (Å²) in [6.07, 6.45) is 2.76. The third-order valence-corrected chi connectivity index (χ3v) is 1.44. The van der Waals surface area contributed by atoms with Gasteiger partial charge in [0.2, 0.25) is 6.26 Å². The molecule has 0 saturated heterocycles. The Bertz CT molecular complexity index is 219. The van der Waals surface area contributed by atoms with Gasteiger partial charge < -0.3 is 4.52 Å². The minimum Gasteiger partial charge on any atom is -0.352 e. The fourth-order valence-corrected chi connectivity index (χ4v) is 0.952. The maximum Gasteiger partial charge on any atom is 0.209 e. The molecule has 1 heterocycles. The SMILES string of the molecule is Cc1no[c]c1C(C)(C)C.